The van der Waals surface area contributed by atoms with Crippen LogP contribution in [0.3, 0.4) is 0 Å². The van der Waals surface area contributed by atoms with Crippen molar-refractivity contribution in [1.29, 1.82) is 0 Å². The number of aryl methyl sites for hydroxylation is 1. The first kappa shape index (κ1) is 17.3. The van der Waals surface area contributed by atoms with E-state index in [2.05, 4.69) is 57.1 Å². The van der Waals surface area contributed by atoms with Gasteiger partial charge >= 0.3 is 0 Å². The Morgan fingerprint density at radius 1 is 1.19 bits per heavy atom. The lowest BCUT2D eigenvalue weighted by molar-refractivity contribution is -0.123. The number of nitrogens with one attached hydrogen (secondary N) is 1. The third-order valence-electron chi connectivity index (χ3n) is 6.06. The highest BCUT2D eigenvalue weighted by Crippen LogP contribution is 2.43. The molecule has 5 heteroatoms. The van der Waals surface area contributed by atoms with Crippen LogP contribution < -0.4 is 5.32 Å². The molecule has 4 rings (SSSR count). The summed E-state index contributed by atoms with van der Waals surface area (Å²) in [7, 11) is 4.14. The Kier molecular flexibility index (Phi) is 4.81. The number of hydrogen-bond donors (Lipinski definition) is 1. The van der Waals surface area contributed by atoms with E-state index in [-0.39, 0.29) is 11.9 Å². The van der Waals surface area contributed by atoms with Crippen LogP contribution in [0.5, 0.6) is 0 Å². The maximum atomic E-state index is 12.6. The van der Waals surface area contributed by atoms with Crippen molar-refractivity contribution in [2.24, 2.45) is 13.0 Å². The molecule has 2 heterocycles. The maximum absolute atomic E-state index is 12.6. The van der Waals surface area contributed by atoms with Crippen LogP contribution in [-0.4, -0.2) is 46.5 Å². The fourth-order valence-electron chi connectivity index (χ4n) is 4.60. The molecule has 2 fully saturated rings. The van der Waals surface area contributed by atoms with Gasteiger partial charge in [0.05, 0.1) is 12.4 Å². The normalized spacial score (nSPS) is 28.7. The quantitative estimate of drug-likeness (QED) is 0.900. The number of likely N-dealkylation sites (tertiary alicyclic amines) is 1. The van der Waals surface area contributed by atoms with Crippen molar-refractivity contribution in [3.05, 3.63) is 54.1 Å². The third-order valence-corrected chi connectivity index (χ3v) is 6.06. The highest BCUT2D eigenvalue weighted by molar-refractivity contribution is 5.77. The number of carbonyl (C=O) groups excluding carboxylic acids is 1. The van der Waals surface area contributed by atoms with Gasteiger partial charge in [-0.3, -0.25) is 4.79 Å². The molecule has 5 nitrogen and oxygen atoms in total. The predicted octanol–water partition coefficient (Wildman–Crippen LogP) is 2.52. The largest absolute Gasteiger partial charge is 0.351 e. The number of imidazole rings is 1. The number of nitrogens with zero attached hydrogens (tertiary/aromatic N) is 3. The Balaban J connectivity index is 1.30. The molecule has 2 aliphatic rings. The molecule has 0 spiro atoms. The van der Waals surface area contributed by atoms with E-state index in [9.17, 15) is 4.79 Å². The number of carbonyl (C=O) groups is 1. The van der Waals surface area contributed by atoms with E-state index in [4.69, 9.17) is 0 Å². The van der Waals surface area contributed by atoms with Crippen molar-refractivity contribution in [3.63, 3.8) is 0 Å². The average Bonchev–Trinajstić information content (AvgIpc) is 3.16. The minimum atomic E-state index is 0.174. The molecular weight excluding hydrogens is 324 g/mol. The molecule has 1 aliphatic heterocycles. The number of benzene rings is 1. The molecule has 0 radical (unpaired) electrons. The summed E-state index contributed by atoms with van der Waals surface area (Å²) in [6.45, 7) is 1.86. The van der Waals surface area contributed by atoms with E-state index in [0.717, 1.165) is 25.9 Å². The fourth-order valence-corrected chi connectivity index (χ4v) is 4.60. The van der Waals surface area contributed by atoms with E-state index in [0.29, 0.717) is 24.2 Å². The monoisotopic (exact) mass is 352 g/mol. The number of hydrogen-bond acceptors (Lipinski definition) is 3. The second kappa shape index (κ2) is 7.23. The minimum absolute atomic E-state index is 0.174. The number of aromatic nitrogens is 2. The first-order valence-electron chi connectivity index (χ1n) is 9.59. The lowest BCUT2D eigenvalue weighted by atomic mass is 9.70. The SMILES string of the molecule is CN1C[C@@H](NC(=O)CC2CC(c3ccccc3)C2)[C@H](c2cncn2C)C1. The van der Waals surface area contributed by atoms with Gasteiger partial charge in [-0.1, -0.05) is 30.3 Å². The highest BCUT2D eigenvalue weighted by Gasteiger charge is 2.36. The van der Waals surface area contributed by atoms with Crippen LogP contribution in [0.25, 0.3) is 0 Å². The molecule has 1 aromatic heterocycles. The molecule has 1 saturated heterocycles. The average molecular weight is 352 g/mol. The van der Waals surface area contributed by atoms with Crippen LogP contribution >= 0.6 is 0 Å². The summed E-state index contributed by atoms with van der Waals surface area (Å²) in [6.07, 6.45) is 6.69. The molecule has 1 aromatic carbocycles. The Morgan fingerprint density at radius 2 is 1.96 bits per heavy atom. The molecule has 1 saturated carbocycles. The highest BCUT2D eigenvalue weighted by atomic mass is 16.1. The lowest BCUT2D eigenvalue weighted by Gasteiger charge is -2.35. The van der Waals surface area contributed by atoms with Crippen LogP contribution in [0, 0.1) is 5.92 Å². The van der Waals surface area contributed by atoms with Crippen molar-refractivity contribution in [2.45, 2.75) is 37.1 Å². The molecule has 2 aromatic rings. The Hall–Kier alpha value is -2.14. The van der Waals surface area contributed by atoms with Crippen LogP contribution in [0.15, 0.2) is 42.9 Å². The summed E-state index contributed by atoms with van der Waals surface area (Å²) >= 11 is 0. The van der Waals surface area contributed by atoms with E-state index < -0.39 is 0 Å². The molecule has 1 amide bonds. The maximum Gasteiger partial charge on any atom is 0.220 e. The van der Waals surface area contributed by atoms with E-state index in [1.807, 2.05) is 19.6 Å². The minimum Gasteiger partial charge on any atom is -0.351 e. The van der Waals surface area contributed by atoms with E-state index in [1.165, 1.54) is 11.3 Å². The molecule has 0 unspecified atom stereocenters. The van der Waals surface area contributed by atoms with Crippen molar-refractivity contribution in [2.75, 3.05) is 20.1 Å². The van der Waals surface area contributed by atoms with Gasteiger partial charge in [0.2, 0.25) is 5.91 Å². The van der Waals surface area contributed by atoms with Gasteiger partial charge in [0, 0.05) is 44.4 Å². The van der Waals surface area contributed by atoms with Gasteiger partial charge in [-0.2, -0.15) is 0 Å². The summed E-state index contributed by atoms with van der Waals surface area (Å²) in [4.78, 5) is 19.1. The van der Waals surface area contributed by atoms with Crippen molar-refractivity contribution in [3.8, 4) is 0 Å². The van der Waals surface area contributed by atoms with Gasteiger partial charge in [-0.05, 0) is 37.3 Å². The number of amides is 1. The van der Waals surface area contributed by atoms with Gasteiger partial charge < -0.3 is 14.8 Å². The smallest absolute Gasteiger partial charge is 0.220 e. The molecule has 1 aliphatic carbocycles. The summed E-state index contributed by atoms with van der Waals surface area (Å²) in [5, 5.41) is 3.31. The van der Waals surface area contributed by atoms with Crippen LogP contribution in [0.4, 0.5) is 0 Å². The predicted molar refractivity (Wildman–Crippen MR) is 102 cm³/mol. The molecule has 0 bridgehead atoms. The van der Waals surface area contributed by atoms with E-state index >= 15 is 0 Å². The van der Waals surface area contributed by atoms with Crippen molar-refractivity contribution in [1.82, 2.24) is 19.8 Å². The Bertz CT molecular complexity index is 750. The van der Waals surface area contributed by atoms with Gasteiger partial charge in [0.25, 0.3) is 0 Å². The van der Waals surface area contributed by atoms with E-state index in [1.54, 1.807) is 0 Å². The third kappa shape index (κ3) is 3.54. The molecule has 138 valence electrons. The van der Waals surface area contributed by atoms with Crippen LogP contribution in [0.2, 0.25) is 0 Å². The Morgan fingerprint density at radius 3 is 2.65 bits per heavy atom. The van der Waals surface area contributed by atoms with Crippen LogP contribution in [0.1, 0.15) is 42.4 Å². The van der Waals surface area contributed by atoms with Crippen molar-refractivity contribution >= 4 is 5.91 Å². The lowest BCUT2D eigenvalue weighted by Crippen LogP contribution is -2.41. The molecule has 2 atom stereocenters. The summed E-state index contributed by atoms with van der Waals surface area (Å²) in [6, 6.07) is 10.8. The van der Waals surface area contributed by atoms with Gasteiger partial charge in [0.1, 0.15) is 0 Å². The zero-order valence-corrected chi connectivity index (χ0v) is 15.6. The molecule has 1 N–H and O–H groups in total. The summed E-state index contributed by atoms with van der Waals surface area (Å²) in [5.41, 5.74) is 2.62. The standard InChI is InChI=1S/C21H28N4O/c1-24-12-18(20-11-22-14-25(20)2)19(13-24)23-21(26)10-15-8-17(9-15)16-6-4-3-5-7-16/h3-7,11,14-15,17-19H,8-10,12-13H2,1-2H3,(H,23,26)/t15?,17?,18-,19-/m1/s1. The Labute approximate surface area is 155 Å². The van der Waals surface area contributed by atoms with Crippen molar-refractivity contribution < 1.29 is 4.79 Å². The van der Waals surface area contributed by atoms with Gasteiger partial charge in [0.15, 0.2) is 0 Å². The zero-order chi connectivity index (χ0) is 18.1. The summed E-state index contributed by atoms with van der Waals surface area (Å²) in [5.74, 6) is 1.67. The number of likely N-dealkylation sites (N-methyl/N-ethyl adjacent to an activating group) is 1. The summed E-state index contributed by atoms with van der Waals surface area (Å²) < 4.78 is 2.07. The van der Waals surface area contributed by atoms with Gasteiger partial charge in [-0.25, -0.2) is 4.98 Å². The fraction of sp³-hybridized carbons (Fsp3) is 0.524. The second-order valence-electron chi connectivity index (χ2n) is 8.08. The topological polar surface area (TPSA) is 50.2 Å². The zero-order valence-electron chi connectivity index (χ0n) is 15.6. The van der Waals surface area contributed by atoms with Gasteiger partial charge in [-0.15, -0.1) is 0 Å². The molecule has 26 heavy (non-hydrogen) atoms. The first-order chi connectivity index (χ1) is 12.6. The first-order valence-corrected chi connectivity index (χ1v) is 9.59. The molecular formula is C21H28N4O. The van der Waals surface area contributed by atoms with Crippen LogP contribution in [-0.2, 0) is 11.8 Å². The second-order valence-corrected chi connectivity index (χ2v) is 8.08. The number of rotatable bonds is 5.